The average molecular weight is 434 g/mol. The van der Waals surface area contributed by atoms with Crippen molar-refractivity contribution in [3.63, 3.8) is 0 Å². The number of carbonyl (C=O) groups is 1. The zero-order chi connectivity index (χ0) is 22.2. The molecule has 0 spiro atoms. The number of nitrogens with one attached hydrogen (secondary N) is 1. The Hall–Kier alpha value is -2.87. The summed E-state index contributed by atoms with van der Waals surface area (Å²) in [6, 6.07) is 12.9. The molecule has 1 saturated heterocycles. The van der Waals surface area contributed by atoms with E-state index in [2.05, 4.69) is 27.1 Å². The number of rotatable bonds is 10. The van der Waals surface area contributed by atoms with Crippen molar-refractivity contribution < 1.29 is 27.8 Å². The first-order valence-corrected chi connectivity index (χ1v) is 10.4. The Morgan fingerprint density at radius 1 is 1.19 bits per heavy atom. The third-order valence-electron chi connectivity index (χ3n) is 5.22. The number of halogens is 2. The Bertz CT molecular complexity index is 861. The number of likely N-dealkylation sites (tertiary alicyclic amines) is 1. The lowest BCUT2D eigenvalue weighted by Gasteiger charge is -2.24. The molecule has 6 nitrogen and oxygen atoms in total. The highest BCUT2D eigenvalue weighted by atomic mass is 19.3. The van der Waals surface area contributed by atoms with Gasteiger partial charge >= 0.3 is 6.61 Å². The highest BCUT2D eigenvalue weighted by molar-refractivity contribution is 5.78. The van der Waals surface area contributed by atoms with Crippen LogP contribution in [0.1, 0.15) is 36.9 Å². The molecule has 31 heavy (non-hydrogen) atoms. The molecule has 3 rings (SSSR count). The number of ether oxygens (including phenoxy) is 3. The molecular formula is C23H28F2N2O4. The van der Waals surface area contributed by atoms with Gasteiger partial charge in [0.2, 0.25) is 5.91 Å². The van der Waals surface area contributed by atoms with Crippen LogP contribution >= 0.6 is 0 Å². The van der Waals surface area contributed by atoms with Gasteiger partial charge in [0.15, 0.2) is 11.5 Å². The molecule has 1 aliphatic heterocycles. The second-order valence-electron chi connectivity index (χ2n) is 7.27. The molecule has 8 heteroatoms. The molecule has 1 amide bonds. The molecule has 1 N–H and O–H groups in total. The van der Waals surface area contributed by atoms with Crippen molar-refractivity contribution in [3.8, 4) is 17.2 Å². The van der Waals surface area contributed by atoms with Crippen LogP contribution in [0.3, 0.4) is 0 Å². The molecule has 0 aromatic heterocycles. The Labute approximate surface area is 181 Å². The quantitative estimate of drug-likeness (QED) is 0.609. The van der Waals surface area contributed by atoms with E-state index >= 15 is 0 Å². The minimum Gasteiger partial charge on any atom is -0.494 e. The Balaban J connectivity index is 1.55. The van der Waals surface area contributed by atoms with Crippen molar-refractivity contribution in [1.29, 1.82) is 0 Å². The number of amides is 1. The van der Waals surface area contributed by atoms with Crippen LogP contribution in [0.5, 0.6) is 17.2 Å². The number of alkyl halides is 2. The topological polar surface area (TPSA) is 60.0 Å². The zero-order valence-corrected chi connectivity index (χ0v) is 17.8. The van der Waals surface area contributed by atoms with Crippen LogP contribution in [-0.4, -0.2) is 44.2 Å². The minimum absolute atomic E-state index is 0.0390. The van der Waals surface area contributed by atoms with Crippen LogP contribution < -0.4 is 19.5 Å². The first kappa shape index (κ1) is 22.8. The van der Waals surface area contributed by atoms with Crippen LogP contribution in [0.4, 0.5) is 8.78 Å². The van der Waals surface area contributed by atoms with E-state index in [0.29, 0.717) is 13.2 Å². The van der Waals surface area contributed by atoms with E-state index < -0.39 is 6.61 Å². The van der Waals surface area contributed by atoms with Gasteiger partial charge in [-0.15, -0.1) is 0 Å². The summed E-state index contributed by atoms with van der Waals surface area (Å²) in [6.45, 7) is 1.07. The summed E-state index contributed by atoms with van der Waals surface area (Å²) < 4.78 is 39.9. The summed E-state index contributed by atoms with van der Waals surface area (Å²) in [7, 11) is 1.38. The molecule has 1 aliphatic rings. The summed E-state index contributed by atoms with van der Waals surface area (Å²) in [5, 5.41) is 2.89. The molecule has 1 atom stereocenters. The average Bonchev–Trinajstić information content (AvgIpc) is 3.21. The van der Waals surface area contributed by atoms with Gasteiger partial charge in [0.25, 0.3) is 0 Å². The highest BCUT2D eigenvalue weighted by Gasteiger charge is 2.27. The van der Waals surface area contributed by atoms with Gasteiger partial charge in [-0.25, -0.2) is 0 Å². The third kappa shape index (κ3) is 6.30. The number of benzene rings is 2. The lowest BCUT2D eigenvalue weighted by atomic mass is 10.0. The van der Waals surface area contributed by atoms with Crippen molar-refractivity contribution in [2.75, 3.05) is 26.8 Å². The number of hydrogen-bond donors (Lipinski definition) is 1. The van der Waals surface area contributed by atoms with Gasteiger partial charge in [0.1, 0.15) is 5.75 Å². The highest BCUT2D eigenvalue weighted by Crippen LogP contribution is 2.32. The van der Waals surface area contributed by atoms with Crippen LogP contribution in [0.2, 0.25) is 0 Å². The Kier molecular flexibility index (Phi) is 8.06. The molecule has 1 fully saturated rings. The molecule has 1 heterocycles. The summed E-state index contributed by atoms with van der Waals surface area (Å²) in [5.41, 5.74) is 1.91. The lowest BCUT2D eigenvalue weighted by Crippen LogP contribution is -2.36. The second-order valence-corrected chi connectivity index (χ2v) is 7.27. The van der Waals surface area contributed by atoms with Gasteiger partial charge in [-0.3, -0.25) is 9.69 Å². The third-order valence-corrected chi connectivity index (χ3v) is 5.22. The van der Waals surface area contributed by atoms with Crippen LogP contribution in [0.25, 0.3) is 0 Å². The first-order valence-electron chi connectivity index (χ1n) is 10.4. The van der Waals surface area contributed by atoms with E-state index in [4.69, 9.17) is 9.47 Å². The van der Waals surface area contributed by atoms with Crippen LogP contribution in [0, 0.1) is 0 Å². The Morgan fingerprint density at radius 3 is 2.65 bits per heavy atom. The molecule has 0 aliphatic carbocycles. The van der Waals surface area contributed by atoms with Crippen molar-refractivity contribution in [3.05, 3.63) is 53.6 Å². The number of nitrogens with zero attached hydrogens (tertiary/aromatic N) is 1. The first-order chi connectivity index (χ1) is 15.0. The van der Waals surface area contributed by atoms with E-state index in [9.17, 15) is 13.6 Å². The largest absolute Gasteiger partial charge is 0.494 e. The summed E-state index contributed by atoms with van der Waals surface area (Å²) >= 11 is 0. The normalized spacial score (nSPS) is 16.4. The standard InChI is InChI=1S/C23H28F2N2O4/c1-3-30-18-9-7-17(8-10-18)19-5-4-12-27(19)15-22(28)26-14-16-6-11-20(31-23(24)25)21(13-16)29-2/h6-11,13,19,23H,3-5,12,14-15H2,1-2H3,(H,26,28)/t19-/m1/s1. The van der Waals surface area contributed by atoms with E-state index in [1.165, 1.54) is 18.7 Å². The fourth-order valence-corrected chi connectivity index (χ4v) is 3.80. The molecule has 0 bridgehead atoms. The van der Waals surface area contributed by atoms with Gasteiger partial charge in [-0.1, -0.05) is 18.2 Å². The molecule has 2 aromatic rings. The maximum atomic E-state index is 12.5. The molecule has 2 aromatic carbocycles. The summed E-state index contributed by atoms with van der Waals surface area (Å²) in [5.74, 6) is 0.906. The number of methoxy groups -OCH3 is 1. The van der Waals surface area contributed by atoms with Crippen molar-refractivity contribution in [2.45, 2.75) is 39.0 Å². The maximum absolute atomic E-state index is 12.5. The van der Waals surface area contributed by atoms with Gasteiger partial charge in [0, 0.05) is 12.6 Å². The molecule has 0 unspecified atom stereocenters. The molecular weight excluding hydrogens is 406 g/mol. The Morgan fingerprint density at radius 2 is 1.97 bits per heavy atom. The van der Waals surface area contributed by atoms with Crippen molar-refractivity contribution in [1.82, 2.24) is 10.2 Å². The van der Waals surface area contributed by atoms with E-state index in [-0.39, 0.29) is 30.0 Å². The molecule has 168 valence electrons. The minimum atomic E-state index is -2.93. The van der Waals surface area contributed by atoms with Crippen LogP contribution in [0.15, 0.2) is 42.5 Å². The van der Waals surface area contributed by atoms with Crippen molar-refractivity contribution in [2.24, 2.45) is 0 Å². The number of carbonyl (C=O) groups excluding carboxylic acids is 1. The predicted molar refractivity (Wildman–Crippen MR) is 113 cm³/mol. The van der Waals surface area contributed by atoms with E-state index in [1.54, 1.807) is 12.1 Å². The van der Waals surface area contributed by atoms with Crippen LogP contribution in [-0.2, 0) is 11.3 Å². The SMILES string of the molecule is CCOc1ccc([C@H]2CCCN2CC(=O)NCc2ccc(OC(F)F)c(OC)c2)cc1. The summed E-state index contributed by atoms with van der Waals surface area (Å²) in [4.78, 5) is 14.7. The van der Waals surface area contributed by atoms with Gasteiger partial charge in [-0.05, 0) is 61.7 Å². The second kappa shape index (κ2) is 10.9. The monoisotopic (exact) mass is 434 g/mol. The fraction of sp³-hybridized carbons (Fsp3) is 0.435. The molecule has 0 saturated carbocycles. The lowest BCUT2D eigenvalue weighted by molar-refractivity contribution is -0.122. The smallest absolute Gasteiger partial charge is 0.387 e. The van der Waals surface area contributed by atoms with Gasteiger partial charge in [0.05, 0.1) is 20.3 Å². The maximum Gasteiger partial charge on any atom is 0.387 e. The van der Waals surface area contributed by atoms with Gasteiger partial charge < -0.3 is 19.5 Å². The summed E-state index contributed by atoms with van der Waals surface area (Å²) in [6.07, 6.45) is 2.04. The van der Waals surface area contributed by atoms with E-state index in [0.717, 1.165) is 30.7 Å². The fourth-order valence-electron chi connectivity index (χ4n) is 3.80. The van der Waals surface area contributed by atoms with Gasteiger partial charge in [-0.2, -0.15) is 8.78 Å². The molecule has 0 radical (unpaired) electrons. The zero-order valence-electron chi connectivity index (χ0n) is 17.8. The number of hydrogen-bond acceptors (Lipinski definition) is 5. The van der Waals surface area contributed by atoms with Crippen molar-refractivity contribution >= 4 is 5.91 Å². The van der Waals surface area contributed by atoms with E-state index in [1.807, 2.05) is 19.1 Å². The predicted octanol–water partition coefficient (Wildman–Crippen LogP) is 4.15.